The Balaban J connectivity index is 1.95. The minimum absolute atomic E-state index is 0.0988. The van der Waals surface area contributed by atoms with Crippen molar-refractivity contribution in [2.45, 2.75) is 0 Å². The summed E-state index contributed by atoms with van der Waals surface area (Å²) < 4.78 is 20.7. The number of phenols is 1. The van der Waals surface area contributed by atoms with Crippen LogP contribution in [0, 0.1) is 5.82 Å². The van der Waals surface area contributed by atoms with Crippen molar-refractivity contribution in [3.8, 4) is 22.9 Å². The molecule has 2 N–H and O–H groups in total. The zero-order chi connectivity index (χ0) is 16.4. The SMILES string of the molecule is COc1nn(C)cc1Nc1ncc(F)c(-c2ccc(O)cc2)n1. The molecule has 0 atom stereocenters. The quantitative estimate of drug-likeness (QED) is 0.769. The molecule has 7 nitrogen and oxygen atoms in total. The van der Waals surface area contributed by atoms with Crippen LogP contribution in [0.25, 0.3) is 11.3 Å². The molecule has 2 aromatic heterocycles. The van der Waals surface area contributed by atoms with Gasteiger partial charge >= 0.3 is 0 Å². The van der Waals surface area contributed by atoms with Crippen molar-refractivity contribution in [1.29, 1.82) is 0 Å². The van der Waals surface area contributed by atoms with Gasteiger partial charge in [-0.3, -0.25) is 4.68 Å². The summed E-state index contributed by atoms with van der Waals surface area (Å²) in [7, 11) is 3.25. The van der Waals surface area contributed by atoms with Gasteiger partial charge in [-0.1, -0.05) is 0 Å². The van der Waals surface area contributed by atoms with Gasteiger partial charge in [0.15, 0.2) is 5.82 Å². The number of ether oxygens (including phenoxy) is 1. The largest absolute Gasteiger partial charge is 0.508 e. The number of nitrogens with one attached hydrogen (secondary N) is 1. The van der Waals surface area contributed by atoms with Crippen LogP contribution in [0.2, 0.25) is 0 Å². The van der Waals surface area contributed by atoms with E-state index in [0.29, 0.717) is 17.1 Å². The summed E-state index contributed by atoms with van der Waals surface area (Å²) in [6, 6.07) is 6.09. The first-order chi connectivity index (χ1) is 11.1. The van der Waals surface area contributed by atoms with E-state index in [2.05, 4.69) is 20.4 Å². The number of aromatic hydroxyl groups is 1. The van der Waals surface area contributed by atoms with Gasteiger partial charge in [0.05, 0.1) is 19.5 Å². The average molecular weight is 315 g/mol. The number of rotatable bonds is 4. The van der Waals surface area contributed by atoms with Crippen molar-refractivity contribution < 1.29 is 14.2 Å². The van der Waals surface area contributed by atoms with Crippen molar-refractivity contribution in [3.63, 3.8) is 0 Å². The Bertz CT molecular complexity index is 832. The summed E-state index contributed by atoms with van der Waals surface area (Å²) in [5.41, 5.74) is 1.23. The highest BCUT2D eigenvalue weighted by Crippen LogP contribution is 2.27. The minimum atomic E-state index is -0.556. The van der Waals surface area contributed by atoms with E-state index in [-0.39, 0.29) is 17.4 Å². The molecular formula is C15H14FN5O2. The van der Waals surface area contributed by atoms with Crippen LogP contribution in [0.5, 0.6) is 11.6 Å². The molecule has 23 heavy (non-hydrogen) atoms. The van der Waals surface area contributed by atoms with E-state index in [1.54, 1.807) is 30.1 Å². The molecule has 8 heteroatoms. The molecule has 0 aliphatic carbocycles. The third-order valence-electron chi connectivity index (χ3n) is 3.12. The second kappa shape index (κ2) is 5.91. The Morgan fingerprint density at radius 3 is 2.70 bits per heavy atom. The van der Waals surface area contributed by atoms with E-state index < -0.39 is 5.82 Å². The predicted molar refractivity (Wildman–Crippen MR) is 82.1 cm³/mol. The van der Waals surface area contributed by atoms with E-state index in [9.17, 15) is 9.50 Å². The molecule has 1 aromatic carbocycles. The fourth-order valence-electron chi connectivity index (χ4n) is 2.07. The first-order valence-corrected chi connectivity index (χ1v) is 6.73. The highest BCUT2D eigenvalue weighted by Gasteiger charge is 2.13. The van der Waals surface area contributed by atoms with Crippen LogP contribution in [0.15, 0.2) is 36.7 Å². The Morgan fingerprint density at radius 1 is 1.26 bits per heavy atom. The van der Waals surface area contributed by atoms with Crippen LogP contribution in [-0.2, 0) is 7.05 Å². The molecule has 0 aliphatic heterocycles. The molecule has 0 aliphatic rings. The van der Waals surface area contributed by atoms with Gasteiger partial charge in [0.2, 0.25) is 5.95 Å². The monoisotopic (exact) mass is 315 g/mol. The summed E-state index contributed by atoms with van der Waals surface area (Å²) in [4.78, 5) is 8.10. The molecular weight excluding hydrogens is 301 g/mol. The number of aromatic nitrogens is 4. The van der Waals surface area contributed by atoms with E-state index in [1.165, 1.54) is 19.2 Å². The van der Waals surface area contributed by atoms with Crippen molar-refractivity contribution >= 4 is 11.6 Å². The molecule has 0 radical (unpaired) electrons. The molecule has 2 heterocycles. The molecule has 3 rings (SSSR count). The number of phenolic OH excluding ortho intramolecular Hbond substituents is 1. The van der Waals surface area contributed by atoms with Gasteiger partial charge in [0.1, 0.15) is 17.1 Å². The van der Waals surface area contributed by atoms with Crippen LogP contribution in [0.1, 0.15) is 0 Å². The Kier molecular flexibility index (Phi) is 3.80. The zero-order valence-electron chi connectivity index (χ0n) is 12.5. The lowest BCUT2D eigenvalue weighted by Gasteiger charge is -2.07. The fraction of sp³-hybridized carbons (Fsp3) is 0.133. The lowest BCUT2D eigenvalue weighted by atomic mass is 10.1. The van der Waals surface area contributed by atoms with Crippen LogP contribution in [0.3, 0.4) is 0 Å². The molecule has 0 amide bonds. The fourth-order valence-corrected chi connectivity index (χ4v) is 2.07. The van der Waals surface area contributed by atoms with Crippen molar-refractivity contribution in [2.75, 3.05) is 12.4 Å². The number of hydrogen-bond acceptors (Lipinski definition) is 6. The Morgan fingerprint density at radius 2 is 2.00 bits per heavy atom. The maximum atomic E-state index is 14.0. The number of nitrogens with zero attached hydrogens (tertiary/aromatic N) is 4. The van der Waals surface area contributed by atoms with E-state index in [1.807, 2.05) is 0 Å². The standard InChI is InChI=1S/C15H14FN5O2/c1-21-8-12(14(20-21)23-2)18-15-17-7-11(16)13(19-15)9-3-5-10(22)6-4-9/h3-8,22H,1-2H3,(H,17,18,19). The molecule has 0 unspecified atom stereocenters. The summed E-state index contributed by atoms with van der Waals surface area (Å²) >= 11 is 0. The first kappa shape index (κ1) is 14.8. The average Bonchev–Trinajstić information content (AvgIpc) is 2.90. The van der Waals surface area contributed by atoms with Gasteiger partial charge in [-0.15, -0.1) is 5.10 Å². The molecule has 0 fully saturated rings. The molecule has 0 bridgehead atoms. The highest BCUT2D eigenvalue weighted by atomic mass is 19.1. The Hall–Kier alpha value is -3.16. The smallest absolute Gasteiger partial charge is 0.256 e. The topological polar surface area (TPSA) is 85.1 Å². The molecule has 0 saturated heterocycles. The summed E-state index contributed by atoms with van der Waals surface area (Å²) in [6.07, 6.45) is 2.78. The van der Waals surface area contributed by atoms with Crippen molar-refractivity contribution in [1.82, 2.24) is 19.7 Å². The number of aryl methyl sites for hydroxylation is 1. The summed E-state index contributed by atoms with van der Waals surface area (Å²) in [5.74, 6) is 0.133. The van der Waals surface area contributed by atoms with Gasteiger partial charge in [-0.05, 0) is 24.3 Å². The predicted octanol–water partition coefficient (Wildman–Crippen LogP) is 2.47. The molecule has 118 valence electrons. The van der Waals surface area contributed by atoms with Gasteiger partial charge < -0.3 is 15.2 Å². The summed E-state index contributed by atoms with van der Waals surface area (Å²) in [5, 5.41) is 16.4. The molecule has 0 saturated carbocycles. The first-order valence-electron chi connectivity index (χ1n) is 6.73. The van der Waals surface area contributed by atoms with Crippen molar-refractivity contribution in [3.05, 3.63) is 42.5 Å². The number of benzene rings is 1. The van der Waals surface area contributed by atoms with Gasteiger partial charge in [0.25, 0.3) is 5.88 Å². The number of hydrogen-bond donors (Lipinski definition) is 2. The van der Waals surface area contributed by atoms with Gasteiger partial charge in [0, 0.05) is 12.6 Å². The lowest BCUT2D eigenvalue weighted by molar-refractivity contribution is 0.393. The zero-order valence-corrected chi connectivity index (χ0v) is 12.5. The van der Waals surface area contributed by atoms with Crippen molar-refractivity contribution in [2.24, 2.45) is 7.05 Å². The van der Waals surface area contributed by atoms with Crippen LogP contribution < -0.4 is 10.1 Å². The van der Waals surface area contributed by atoms with Gasteiger partial charge in [-0.2, -0.15) is 0 Å². The summed E-state index contributed by atoms with van der Waals surface area (Å²) in [6.45, 7) is 0. The third kappa shape index (κ3) is 3.05. The van der Waals surface area contributed by atoms with Crippen LogP contribution in [-0.4, -0.2) is 32.0 Å². The normalized spacial score (nSPS) is 10.6. The number of anilines is 2. The van der Waals surface area contributed by atoms with Crippen LogP contribution in [0.4, 0.5) is 16.0 Å². The van der Waals surface area contributed by atoms with E-state index in [0.717, 1.165) is 6.20 Å². The molecule has 0 spiro atoms. The Labute approximate surface area is 131 Å². The lowest BCUT2D eigenvalue weighted by Crippen LogP contribution is -2.01. The maximum Gasteiger partial charge on any atom is 0.256 e. The highest BCUT2D eigenvalue weighted by molar-refractivity contribution is 5.64. The van der Waals surface area contributed by atoms with E-state index >= 15 is 0 Å². The molecule has 3 aromatic rings. The van der Waals surface area contributed by atoms with Gasteiger partial charge in [-0.25, -0.2) is 14.4 Å². The van der Waals surface area contributed by atoms with E-state index in [4.69, 9.17) is 4.74 Å². The number of halogens is 1. The minimum Gasteiger partial charge on any atom is -0.508 e. The van der Waals surface area contributed by atoms with Crippen LogP contribution >= 0.6 is 0 Å². The maximum absolute atomic E-state index is 14.0. The number of methoxy groups -OCH3 is 1. The second-order valence-electron chi connectivity index (χ2n) is 4.79. The third-order valence-corrected chi connectivity index (χ3v) is 3.12. The second-order valence-corrected chi connectivity index (χ2v) is 4.79.